The maximum Gasteiger partial charge on any atom is 0.266 e. The zero-order valence-corrected chi connectivity index (χ0v) is 13.6. The Labute approximate surface area is 141 Å². The first-order valence-corrected chi connectivity index (χ1v) is 7.90. The lowest BCUT2D eigenvalue weighted by molar-refractivity contribution is 0.305. The van der Waals surface area contributed by atoms with Crippen molar-refractivity contribution >= 4 is 0 Å². The van der Waals surface area contributed by atoms with Gasteiger partial charge in [-0.1, -0.05) is 12.1 Å². The highest BCUT2D eigenvalue weighted by Gasteiger charge is 2.10. The number of aromatic nitrogens is 1. The van der Waals surface area contributed by atoms with E-state index < -0.39 is 0 Å². The van der Waals surface area contributed by atoms with E-state index in [4.69, 9.17) is 10.00 Å². The molecule has 0 saturated carbocycles. The molecular weight excluding hydrogens is 302 g/mol. The Hall–Kier alpha value is -3.05. The molecule has 0 radical (unpaired) electrons. The summed E-state index contributed by atoms with van der Waals surface area (Å²) in [4.78, 5) is 14.5. The minimum Gasteiger partial charge on any atom is -0.494 e. The van der Waals surface area contributed by atoms with Crippen LogP contribution < -0.4 is 10.3 Å². The van der Waals surface area contributed by atoms with Gasteiger partial charge in [0.05, 0.1) is 12.7 Å². The molecule has 0 bridgehead atoms. The van der Waals surface area contributed by atoms with E-state index in [9.17, 15) is 10.1 Å². The van der Waals surface area contributed by atoms with E-state index in [1.54, 1.807) is 13.0 Å². The summed E-state index contributed by atoms with van der Waals surface area (Å²) in [6.07, 6.45) is 3.38. The number of rotatable bonds is 7. The van der Waals surface area contributed by atoms with Crippen LogP contribution in [0.1, 0.15) is 36.9 Å². The molecule has 0 fully saturated rings. The van der Waals surface area contributed by atoms with Crippen LogP contribution in [0.15, 0.2) is 35.1 Å². The van der Waals surface area contributed by atoms with Gasteiger partial charge in [-0.2, -0.15) is 10.5 Å². The van der Waals surface area contributed by atoms with Crippen molar-refractivity contribution < 1.29 is 4.74 Å². The molecule has 2 rings (SSSR count). The summed E-state index contributed by atoms with van der Waals surface area (Å²) < 4.78 is 5.67. The summed E-state index contributed by atoms with van der Waals surface area (Å²) in [5, 5.41) is 17.7. The number of aromatic amines is 1. The third-order valence-electron chi connectivity index (χ3n) is 3.65. The van der Waals surface area contributed by atoms with Gasteiger partial charge in [-0.3, -0.25) is 4.79 Å². The van der Waals surface area contributed by atoms with Crippen molar-refractivity contribution in [2.24, 2.45) is 0 Å². The fourth-order valence-electron chi connectivity index (χ4n) is 2.43. The number of nitrogens with zero attached hydrogens (tertiary/aromatic N) is 2. The number of ether oxygens (including phenoxy) is 1. The lowest BCUT2D eigenvalue weighted by Crippen LogP contribution is -2.12. The number of pyridine rings is 1. The van der Waals surface area contributed by atoms with Gasteiger partial charge in [0, 0.05) is 17.7 Å². The number of nitriles is 2. The molecule has 5 nitrogen and oxygen atoms in total. The summed E-state index contributed by atoms with van der Waals surface area (Å²) in [6.45, 7) is 2.40. The fourth-order valence-corrected chi connectivity index (χ4v) is 2.43. The molecule has 0 aliphatic carbocycles. The molecule has 1 heterocycles. The zero-order chi connectivity index (χ0) is 17.4. The van der Waals surface area contributed by atoms with E-state index >= 15 is 0 Å². The van der Waals surface area contributed by atoms with E-state index in [0.29, 0.717) is 24.3 Å². The molecule has 0 aliphatic rings. The third-order valence-corrected chi connectivity index (χ3v) is 3.65. The summed E-state index contributed by atoms with van der Waals surface area (Å²) in [5.74, 6) is 0.749. The second-order valence-corrected chi connectivity index (χ2v) is 5.52. The molecule has 0 atom stereocenters. The Morgan fingerprint density at radius 2 is 1.88 bits per heavy atom. The topological polar surface area (TPSA) is 89.7 Å². The smallest absolute Gasteiger partial charge is 0.266 e. The number of nitrogens with one attached hydrogen (secondary N) is 1. The first-order chi connectivity index (χ1) is 11.7. The summed E-state index contributed by atoms with van der Waals surface area (Å²) in [5.41, 5.74) is 1.90. The molecule has 24 heavy (non-hydrogen) atoms. The van der Waals surface area contributed by atoms with Crippen molar-refractivity contribution in [1.82, 2.24) is 4.98 Å². The van der Waals surface area contributed by atoms with Crippen LogP contribution in [0.2, 0.25) is 0 Å². The molecule has 2 aromatic rings. The standard InChI is InChI=1S/C19H19N3O2/c1-14-12-17(18(13-21)19(23)22-14)15-6-8-16(9-7-15)24-11-5-3-2-4-10-20/h6-9,12H,2-5,11H2,1H3,(H,22,23). The van der Waals surface area contributed by atoms with Crippen molar-refractivity contribution in [3.8, 4) is 29.0 Å². The van der Waals surface area contributed by atoms with Gasteiger partial charge in [-0.25, -0.2) is 0 Å². The van der Waals surface area contributed by atoms with Gasteiger partial charge in [0.2, 0.25) is 0 Å². The number of benzene rings is 1. The Morgan fingerprint density at radius 3 is 2.54 bits per heavy atom. The summed E-state index contributed by atoms with van der Waals surface area (Å²) in [6, 6.07) is 13.3. The monoisotopic (exact) mass is 321 g/mol. The van der Waals surface area contributed by atoms with Crippen LogP contribution in [-0.4, -0.2) is 11.6 Å². The zero-order valence-electron chi connectivity index (χ0n) is 13.6. The van der Waals surface area contributed by atoms with Gasteiger partial charge in [-0.05, 0) is 49.9 Å². The average molecular weight is 321 g/mol. The van der Waals surface area contributed by atoms with Crippen molar-refractivity contribution in [3.63, 3.8) is 0 Å². The van der Waals surface area contributed by atoms with E-state index in [0.717, 1.165) is 30.6 Å². The Kier molecular flexibility index (Phi) is 6.16. The Morgan fingerprint density at radius 1 is 1.12 bits per heavy atom. The van der Waals surface area contributed by atoms with E-state index in [2.05, 4.69) is 11.1 Å². The van der Waals surface area contributed by atoms with Crippen molar-refractivity contribution in [2.75, 3.05) is 6.61 Å². The maximum atomic E-state index is 11.9. The molecule has 1 N–H and O–H groups in total. The van der Waals surface area contributed by atoms with Crippen molar-refractivity contribution in [2.45, 2.75) is 32.6 Å². The second kappa shape index (κ2) is 8.55. The third kappa shape index (κ3) is 4.47. The van der Waals surface area contributed by atoms with Gasteiger partial charge < -0.3 is 9.72 Å². The normalized spacial score (nSPS) is 9.96. The molecule has 0 saturated heterocycles. The van der Waals surface area contributed by atoms with Crippen molar-refractivity contribution in [1.29, 1.82) is 10.5 Å². The van der Waals surface area contributed by atoms with Crippen LogP contribution in [0.5, 0.6) is 5.75 Å². The van der Waals surface area contributed by atoms with Crippen LogP contribution in [0, 0.1) is 29.6 Å². The molecule has 0 spiro atoms. The quantitative estimate of drug-likeness (QED) is 0.788. The Bertz CT molecular complexity index is 824. The fraction of sp³-hybridized carbons (Fsp3) is 0.316. The SMILES string of the molecule is Cc1cc(-c2ccc(OCCCCCC#N)cc2)c(C#N)c(=O)[nH]1. The van der Waals surface area contributed by atoms with Gasteiger partial charge in [0.15, 0.2) is 0 Å². The lowest BCUT2D eigenvalue weighted by atomic mass is 10.0. The highest BCUT2D eigenvalue weighted by atomic mass is 16.5. The summed E-state index contributed by atoms with van der Waals surface area (Å²) >= 11 is 0. The highest BCUT2D eigenvalue weighted by molar-refractivity contribution is 5.70. The van der Waals surface area contributed by atoms with Gasteiger partial charge >= 0.3 is 0 Å². The van der Waals surface area contributed by atoms with Crippen LogP contribution in [0.4, 0.5) is 0 Å². The predicted octanol–water partition coefficient (Wildman–Crippen LogP) is 3.68. The van der Waals surface area contributed by atoms with E-state index in [-0.39, 0.29) is 11.1 Å². The van der Waals surface area contributed by atoms with Crippen LogP contribution in [0.3, 0.4) is 0 Å². The predicted molar refractivity (Wildman–Crippen MR) is 91.5 cm³/mol. The molecule has 0 unspecified atom stereocenters. The molecule has 0 aliphatic heterocycles. The molecular formula is C19H19N3O2. The Balaban J connectivity index is 2.04. The number of aryl methyl sites for hydroxylation is 1. The van der Waals surface area contributed by atoms with E-state index in [1.165, 1.54) is 0 Å². The van der Waals surface area contributed by atoms with Crippen LogP contribution in [0.25, 0.3) is 11.1 Å². The minimum absolute atomic E-state index is 0.117. The van der Waals surface area contributed by atoms with Crippen molar-refractivity contribution in [3.05, 3.63) is 51.9 Å². The number of unbranched alkanes of at least 4 members (excludes halogenated alkanes) is 3. The molecule has 5 heteroatoms. The molecule has 0 amide bonds. The number of hydrogen-bond acceptors (Lipinski definition) is 4. The van der Waals surface area contributed by atoms with Gasteiger partial charge in [0.1, 0.15) is 17.4 Å². The molecule has 1 aromatic carbocycles. The van der Waals surface area contributed by atoms with Gasteiger partial charge in [-0.15, -0.1) is 0 Å². The lowest BCUT2D eigenvalue weighted by Gasteiger charge is -2.08. The largest absolute Gasteiger partial charge is 0.494 e. The van der Waals surface area contributed by atoms with Crippen LogP contribution >= 0.6 is 0 Å². The van der Waals surface area contributed by atoms with Gasteiger partial charge in [0.25, 0.3) is 5.56 Å². The van der Waals surface area contributed by atoms with Crippen LogP contribution in [-0.2, 0) is 0 Å². The highest BCUT2D eigenvalue weighted by Crippen LogP contribution is 2.24. The first-order valence-electron chi connectivity index (χ1n) is 7.90. The number of hydrogen-bond donors (Lipinski definition) is 1. The minimum atomic E-state index is -0.370. The second-order valence-electron chi connectivity index (χ2n) is 5.52. The number of H-pyrrole nitrogens is 1. The maximum absolute atomic E-state index is 11.9. The molecule has 122 valence electrons. The average Bonchev–Trinajstić information content (AvgIpc) is 2.58. The van der Waals surface area contributed by atoms with E-state index in [1.807, 2.05) is 30.3 Å². The first kappa shape index (κ1) is 17.3. The summed E-state index contributed by atoms with van der Waals surface area (Å²) in [7, 11) is 0. The molecule has 1 aromatic heterocycles.